The van der Waals surface area contributed by atoms with Crippen molar-refractivity contribution in [3.63, 3.8) is 0 Å². The predicted octanol–water partition coefficient (Wildman–Crippen LogP) is 2.34. The van der Waals surface area contributed by atoms with Crippen LogP contribution >= 0.6 is 0 Å². The van der Waals surface area contributed by atoms with Crippen LogP contribution < -0.4 is 5.90 Å². The highest BCUT2D eigenvalue weighted by atomic mass is 16.6. The number of hydrogen-bond acceptors (Lipinski definition) is 3. The molecule has 3 nitrogen and oxygen atoms in total. The molecule has 3 heteroatoms. The molecule has 0 amide bonds. The molecule has 2 rings (SSSR count). The Morgan fingerprint density at radius 1 is 1.14 bits per heavy atom. The number of hydrogen-bond donors (Lipinski definition) is 1. The average Bonchev–Trinajstić information content (AvgIpc) is 2.72. The topological polar surface area (TPSA) is 48.4 Å². The van der Waals surface area contributed by atoms with E-state index in [1.807, 2.05) is 36.4 Å². The van der Waals surface area contributed by atoms with Crippen molar-refractivity contribution in [1.29, 1.82) is 0 Å². The lowest BCUT2D eigenvalue weighted by molar-refractivity contribution is 0.124. The van der Waals surface area contributed by atoms with Crippen LogP contribution in [0.15, 0.2) is 47.1 Å². The van der Waals surface area contributed by atoms with Gasteiger partial charge in [-0.05, 0) is 17.7 Å². The number of furan rings is 1. The second-order valence-electron chi connectivity index (χ2n) is 2.95. The van der Waals surface area contributed by atoms with Gasteiger partial charge in [-0.25, -0.2) is 5.90 Å². The summed E-state index contributed by atoms with van der Waals surface area (Å²) in [6, 6.07) is 11.6. The molecule has 1 aromatic carbocycles. The average molecular weight is 189 g/mol. The van der Waals surface area contributed by atoms with E-state index in [0.29, 0.717) is 6.61 Å². The lowest BCUT2D eigenvalue weighted by Crippen LogP contribution is -2.00. The van der Waals surface area contributed by atoms with E-state index in [0.717, 1.165) is 16.9 Å². The molecule has 72 valence electrons. The predicted molar refractivity (Wildman–Crippen MR) is 53.1 cm³/mol. The standard InChI is InChI=1S/C11H11NO2/c12-14-8-9-4-1-2-5-10(9)11-6-3-7-13-11/h1-7H,8,12H2. The minimum Gasteiger partial charge on any atom is -0.464 e. The van der Waals surface area contributed by atoms with E-state index in [1.54, 1.807) is 6.26 Å². The quantitative estimate of drug-likeness (QED) is 0.754. The summed E-state index contributed by atoms with van der Waals surface area (Å²) in [5, 5.41) is 0. The molecule has 0 bridgehead atoms. The van der Waals surface area contributed by atoms with Crippen molar-refractivity contribution in [2.75, 3.05) is 0 Å². The van der Waals surface area contributed by atoms with Crippen LogP contribution in [0, 0.1) is 0 Å². The van der Waals surface area contributed by atoms with Crippen molar-refractivity contribution in [3.8, 4) is 11.3 Å². The lowest BCUT2D eigenvalue weighted by atomic mass is 10.1. The van der Waals surface area contributed by atoms with Gasteiger partial charge in [0.1, 0.15) is 5.76 Å². The SMILES string of the molecule is NOCc1ccccc1-c1ccco1. The van der Waals surface area contributed by atoms with Crippen molar-refractivity contribution in [2.24, 2.45) is 5.90 Å². The fraction of sp³-hybridized carbons (Fsp3) is 0.0909. The van der Waals surface area contributed by atoms with Crippen LogP contribution in [0.5, 0.6) is 0 Å². The zero-order valence-electron chi connectivity index (χ0n) is 7.64. The summed E-state index contributed by atoms with van der Waals surface area (Å²) in [6.45, 7) is 0.386. The van der Waals surface area contributed by atoms with Gasteiger partial charge in [0.05, 0.1) is 12.9 Å². The molecule has 0 aliphatic carbocycles. The van der Waals surface area contributed by atoms with Crippen LogP contribution in [0.4, 0.5) is 0 Å². The third-order valence-electron chi connectivity index (χ3n) is 2.04. The van der Waals surface area contributed by atoms with Crippen LogP contribution in [0.3, 0.4) is 0 Å². The first-order valence-corrected chi connectivity index (χ1v) is 4.35. The molecule has 0 fully saturated rings. The minimum atomic E-state index is 0.386. The third-order valence-corrected chi connectivity index (χ3v) is 2.04. The molecule has 0 radical (unpaired) electrons. The van der Waals surface area contributed by atoms with E-state index in [4.69, 9.17) is 10.3 Å². The molecule has 0 unspecified atom stereocenters. The Kier molecular flexibility index (Phi) is 2.62. The summed E-state index contributed by atoms with van der Waals surface area (Å²) in [4.78, 5) is 4.62. The molecule has 0 spiro atoms. The second-order valence-corrected chi connectivity index (χ2v) is 2.95. The van der Waals surface area contributed by atoms with Gasteiger partial charge in [0.15, 0.2) is 0 Å². The Hall–Kier alpha value is -1.58. The van der Waals surface area contributed by atoms with Crippen LogP contribution in [-0.4, -0.2) is 0 Å². The first kappa shape index (κ1) is 8.99. The second kappa shape index (κ2) is 4.09. The van der Waals surface area contributed by atoms with Gasteiger partial charge in [-0.15, -0.1) is 0 Å². The molecule has 0 atom stereocenters. The summed E-state index contributed by atoms with van der Waals surface area (Å²) < 4.78 is 5.31. The van der Waals surface area contributed by atoms with Crippen molar-refractivity contribution in [3.05, 3.63) is 48.2 Å². The largest absolute Gasteiger partial charge is 0.464 e. The molecular formula is C11H11NO2. The summed E-state index contributed by atoms with van der Waals surface area (Å²) in [7, 11) is 0. The van der Waals surface area contributed by atoms with Crippen molar-refractivity contribution in [2.45, 2.75) is 6.61 Å². The Balaban J connectivity index is 2.42. The Morgan fingerprint density at radius 3 is 2.71 bits per heavy atom. The molecule has 0 saturated carbocycles. The minimum absolute atomic E-state index is 0.386. The molecule has 1 aromatic heterocycles. The summed E-state index contributed by atoms with van der Waals surface area (Å²) in [5.74, 6) is 5.88. The fourth-order valence-corrected chi connectivity index (χ4v) is 1.41. The molecule has 0 aliphatic rings. The van der Waals surface area contributed by atoms with Gasteiger partial charge in [0, 0.05) is 5.56 Å². The van der Waals surface area contributed by atoms with E-state index in [9.17, 15) is 0 Å². The third kappa shape index (κ3) is 1.69. The molecular weight excluding hydrogens is 178 g/mol. The molecule has 2 N–H and O–H groups in total. The van der Waals surface area contributed by atoms with Crippen molar-refractivity contribution in [1.82, 2.24) is 0 Å². The monoisotopic (exact) mass is 189 g/mol. The highest BCUT2D eigenvalue weighted by Crippen LogP contribution is 2.24. The molecule has 14 heavy (non-hydrogen) atoms. The van der Waals surface area contributed by atoms with Crippen molar-refractivity contribution >= 4 is 0 Å². The first-order valence-electron chi connectivity index (χ1n) is 4.35. The van der Waals surface area contributed by atoms with E-state index >= 15 is 0 Å². The maximum Gasteiger partial charge on any atom is 0.134 e. The zero-order chi connectivity index (χ0) is 9.80. The van der Waals surface area contributed by atoms with E-state index in [1.165, 1.54) is 0 Å². The van der Waals surface area contributed by atoms with Gasteiger partial charge in [0.2, 0.25) is 0 Å². The summed E-state index contributed by atoms with van der Waals surface area (Å²) in [5.41, 5.74) is 2.04. The Morgan fingerprint density at radius 2 is 2.00 bits per heavy atom. The van der Waals surface area contributed by atoms with E-state index in [2.05, 4.69) is 4.84 Å². The van der Waals surface area contributed by atoms with E-state index < -0.39 is 0 Å². The van der Waals surface area contributed by atoms with Gasteiger partial charge in [0.25, 0.3) is 0 Å². The molecule has 0 aliphatic heterocycles. The van der Waals surface area contributed by atoms with Crippen LogP contribution in [-0.2, 0) is 11.4 Å². The van der Waals surface area contributed by atoms with Crippen LogP contribution in [0.25, 0.3) is 11.3 Å². The van der Waals surface area contributed by atoms with Gasteiger partial charge >= 0.3 is 0 Å². The summed E-state index contributed by atoms with van der Waals surface area (Å²) >= 11 is 0. The Labute approximate surface area is 82.1 Å². The van der Waals surface area contributed by atoms with Crippen molar-refractivity contribution < 1.29 is 9.25 Å². The smallest absolute Gasteiger partial charge is 0.134 e. The van der Waals surface area contributed by atoms with Gasteiger partial charge in [-0.3, -0.25) is 4.84 Å². The normalized spacial score (nSPS) is 10.4. The maximum absolute atomic E-state index is 5.31. The highest BCUT2D eigenvalue weighted by Gasteiger charge is 2.05. The van der Waals surface area contributed by atoms with Gasteiger partial charge in [-0.1, -0.05) is 24.3 Å². The zero-order valence-corrected chi connectivity index (χ0v) is 7.64. The highest BCUT2D eigenvalue weighted by molar-refractivity contribution is 5.61. The molecule has 1 heterocycles. The number of rotatable bonds is 3. The maximum atomic E-state index is 5.31. The molecule has 0 saturated heterocycles. The van der Waals surface area contributed by atoms with Crippen LogP contribution in [0.1, 0.15) is 5.56 Å². The fourth-order valence-electron chi connectivity index (χ4n) is 1.41. The van der Waals surface area contributed by atoms with Gasteiger partial charge in [-0.2, -0.15) is 0 Å². The number of benzene rings is 1. The summed E-state index contributed by atoms with van der Waals surface area (Å²) in [6.07, 6.45) is 1.65. The Bertz CT molecular complexity index is 395. The lowest BCUT2D eigenvalue weighted by Gasteiger charge is -2.04. The van der Waals surface area contributed by atoms with Crippen LogP contribution in [0.2, 0.25) is 0 Å². The number of nitrogens with two attached hydrogens (primary N) is 1. The van der Waals surface area contributed by atoms with E-state index in [-0.39, 0.29) is 0 Å². The van der Waals surface area contributed by atoms with Gasteiger partial charge < -0.3 is 4.42 Å². The molecule has 2 aromatic rings. The first-order chi connectivity index (χ1) is 6.92.